The van der Waals surface area contributed by atoms with Crippen LogP contribution in [0.15, 0.2) is 18.5 Å². The number of amides is 3. The Morgan fingerprint density at radius 3 is 2.38 bits per heavy atom. The third-order valence-corrected chi connectivity index (χ3v) is 5.09. The molecule has 8 nitrogen and oxygen atoms in total. The van der Waals surface area contributed by atoms with E-state index in [2.05, 4.69) is 25.5 Å². The molecule has 8 heteroatoms. The minimum atomic E-state index is -0.528. The number of urea groups is 1. The molecular formula is C18H28N6O2. The molecular weight excluding hydrogens is 332 g/mol. The Labute approximate surface area is 154 Å². The summed E-state index contributed by atoms with van der Waals surface area (Å²) in [5, 5.41) is 5.88. The summed E-state index contributed by atoms with van der Waals surface area (Å²) in [6.07, 6.45) is 9.09. The van der Waals surface area contributed by atoms with E-state index in [0.717, 1.165) is 12.8 Å². The fraction of sp³-hybridized carbons (Fsp3) is 0.667. The van der Waals surface area contributed by atoms with Crippen molar-refractivity contribution in [3.63, 3.8) is 0 Å². The molecule has 3 rings (SSSR count). The van der Waals surface area contributed by atoms with E-state index in [1.807, 2.05) is 0 Å². The van der Waals surface area contributed by atoms with E-state index >= 15 is 0 Å². The van der Waals surface area contributed by atoms with Gasteiger partial charge in [0.15, 0.2) is 0 Å². The highest BCUT2D eigenvalue weighted by Crippen LogP contribution is 2.17. The molecule has 1 aliphatic heterocycles. The maximum Gasteiger partial charge on any atom is 0.318 e. The van der Waals surface area contributed by atoms with E-state index in [1.54, 1.807) is 30.3 Å². The summed E-state index contributed by atoms with van der Waals surface area (Å²) in [6.45, 7) is 4.27. The van der Waals surface area contributed by atoms with Crippen molar-refractivity contribution < 1.29 is 9.59 Å². The van der Waals surface area contributed by atoms with Gasteiger partial charge in [-0.25, -0.2) is 14.8 Å². The fourth-order valence-electron chi connectivity index (χ4n) is 3.48. The fourth-order valence-corrected chi connectivity index (χ4v) is 3.48. The zero-order valence-electron chi connectivity index (χ0n) is 15.4. The molecule has 1 atom stereocenters. The Bertz CT molecular complexity index is 597. The lowest BCUT2D eigenvalue weighted by Gasteiger charge is -2.35. The number of aromatic nitrogens is 2. The molecule has 1 aliphatic carbocycles. The number of carbonyl (C=O) groups is 2. The van der Waals surface area contributed by atoms with Crippen molar-refractivity contribution >= 4 is 17.9 Å². The molecule has 0 aromatic carbocycles. The normalized spacial score (nSPS) is 19.7. The first-order chi connectivity index (χ1) is 12.6. The van der Waals surface area contributed by atoms with E-state index in [9.17, 15) is 9.59 Å². The zero-order valence-corrected chi connectivity index (χ0v) is 15.4. The molecule has 1 saturated carbocycles. The Kier molecular flexibility index (Phi) is 6.25. The lowest BCUT2D eigenvalue weighted by atomic mass is 9.95. The number of piperazine rings is 1. The van der Waals surface area contributed by atoms with Crippen molar-refractivity contribution in [2.75, 3.05) is 31.1 Å². The van der Waals surface area contributed by atoms with Crippen LogP contribution in [0.4, 0.5) is 10.7 Å². The summed E-state index contributed by atoms with van der Waals surface area (Å²) >= 11 is 0. The number of rotatable bonds is 4. The van der Waals surface area contributed by atoms with Gasteiger partial charge in [0.2, 0.25) is 11.9 Å². The third kappa shape index (κ3) is 4.83. The van der Waals surface area contributed by atoms with Gasteiger partial charge in [-0.15, -0.1) is 0 Å². The van der Waals surface area contributed by atoms with Crippen molar-refractivity contribution in [1.29, 1.82) is 0 Å². The molecule has 3 amide bonds. The molecule has 2 aliphatic rings. The standard InChI is InChI=1S/C18H28N6O2/c1-14(16(25)22-15-6-3-2-4-7-15)21-18(26)24-12-10-23(11-13-24)17-19-8-5-9-20-17/h5,8-9,14-15H,2-4,6-7,10-13H2,1H3,(H,21,26)(H,22,25). The minimum Gasteiger partial charge on any atom is -0.352 e. The molecule has 1 aromatic rings. The van der Waals surface area contributed by atoms with Crippen molar-refractivity contribution in [3.8, 4) is 0 Å². The summed E-state index contributed by atoms with van der Waals surface area (Å²) in [5.74, 6) is 0.592. The molecule has 1 saturated heterocycles. The maximum absolute atomic E-state index is 12.4. The van der Waals surface area contributed by atoms with Crippen molar-refractivity contribution in [1.82, 2.24) is 25.5 Å². The van der Waals surface area contributed by atoms with Gasteiger partial charge in [-0.3, -0.25) is 4.79 Å². The summed E-state index contributed by atoms with van der Waals surface area (Å²) in [6, 6.07) is 1.32. The van der Waals surface area contributed by atoms with Crippen LogP contribution in [0.2, 0.25) is 0 Å². The van der Waals surface area contributed by atoms with Gasteiger partial charge in [-0.2, -0.15) is 0 Å². The van der Waals surface area contributed by atoms with Gasteiger partial charge in [0.05, 0.1) is 0 Å². The largest absolute Gasteiger partial charge is 0.352 e. The SMILES string of the molecule is CC(NC(=O)N1CCN(c2ncccn2)CC1)C(=O)NC1CCCCC1. The highest BCUT2D eigenvalue weighted by atomic mass is 16.2. The lowest BCUT2D eigenvalue weighted by Crippen LogP contribution is -2.56. The second-order valence-electron chi connectivity index (χ2n) is 7.04. The van der Waals surface area contributed by atoms with E-state index in [0.29, 0.717) is 32.1 Å². The molecule has 0 bridgehead atoms. The average molecular weight is 360 g/mol. The predicted molar refractivity (Wildman–Crippen MR) is 98.8 cm³/mol. The highest BCUT2D eigenvalue weighted by molar-refractivity contribution is 5.86. The van der Waals surface area contributed by atoms with E-state index in [-0.39, 0.29) is 18.0 Å². The molecule has 2 N–H and O–H groups in total. The Balaban J connectivity index is 1.42. The van der Waals surface area contributed by atoms with Crippen LogP contribution in [0.5, 0.6) is 0 Å². The number of nitrogens with one attached hydrogen (secondary N) is 2. The number of anilines is 1. The molecule has 0 spiro atoms. The van der Waals surface area contributed by atoms with Crippen LogP contribution in [0.1, 0.15) is 39.0 Å². The van der Waals surface area contributed by atoms with Crippen molar-refractivity contribution in [2.24, 2.45) is 0 Å². The first-order valence-corrected chi connectivity index (χ1v) is 9.51. The first-order valence-electron chi connectivity index (χ1n) is 9.51. The van der Waals surface area contributed by atoms with Crippen LogP contribution in [0.25, 0.3) is 0 Å². The Morgan fingerprint density at radius 2 is 1.73 bits per heavy atom. The van der Waals surface area contributed by atoms with Crippen LogP contribution in [-0.4, -0.2) is 65.1 Å². The molecule has 2 fully saturated rings. The van der Waals surface area contributed by atoms with Crippen LogP contribution in [0.3, 0.4) is 0 Å². The summed E-state index contributed by atoms with van der Waals surface area (Å²) < 4.78 is 0. The van der Waals surface area contributed by atoms with Crippen LogP contribution >= 0.6 is 0 Å². The quantitative estimate of drug-likeness (QED) is 0.840. The summed E-state index contributed by atoms with van der Waals surface area (Å²) in [5.41, 5.74) is 0. The molecule has 0 radical (unpaired) electrons. The topological polar surface area (TPSA) is 90.5 Å². The van der Waals surface area contributed by atoms with E-state index in [1.165, 1.54) is 19.3 Å². The van der Waals surface area contributed by atoms with Crippen molar-refractivity contribution in [2.45, 2.75) is 51.1 Å². The second-order valence-corrected chi connectivity index (χ2v) is 7.04. The Morgan fingerprint density at radius 1 is 1.08 bits per heavy atom. The van der Waals surface area contributed by atoms with Gasteiger partial charge < -0.3 is 20.4 Å². The smallest absolute Gasteiger partial charge is 0.318 e. The predicted octanol–water partition coefficient (Wildman–Crippen LogP) is 1.15. The van der Waals surface area contributed by atoms with Gasteiger partial charge >= 0.3 is 6.03 Å². The maximum atomic E-state index is 12.4. The van der Waals surface area contributed by atoms with Gasteiger partial charge in [-0.05, 0) is 25.8 Å². The number of carbonyl (C=O) groups excluding carboxylic acids is 2. The van der Waals surface area contributed by atoms with Gasteiger partial charge in [0, 0.05) is 44.6 Å². The molecule has 1 unspecified atom stereocenters. The monoisotopic (exact) mass is 360 g/mol. The Hall–Kier alpha value is -2.38. The van der Waals surface area contributed by atoms with E-state index < -0.39 is 6.04 Å². The number of hydrogen-bond acceptors (Lipinski definition) is 5. The molecule has 26 heavy (non-hydrogen) atoms. The molecule has 2 heterocycles. The highest BCUT2D eigenvalue weighted by Gasteiger charge is 2.26. The number of hydrogen-bond donors (Lipinski definition) is 2. The lowest BCUT2D eigenvalue weighted by molar-refractivity contribution is -0.123. The van der Waals surface area contributed by atoms with Gasteiger partial charge in [-0.1, -0.05) is 19.3 Å². The average Bonchev–Trinajstić information content (AvgIpc) is 2.69. The minimum absolute atomic E-state index is 0.0958. The second kappa shape index (κ2) is 8.82. The van der Waals surface area contributed by atoms with E-state index in [4.69, 9.17) is 0 Å². The molecule has 142 valence electrons. The van der Waals surface area contributed by atoms with Crippen LogP contribution in [0, 0.1) is 0 Å². The van der Waals surface area contributed by atoms with Crippen LogP contribution in [-0.2, 0) is 4.79 Å². The van der Waals surface area contributed by atoms with Gasteiger partial charge in [0.1, 0.15) is 6.04 Å². The number of nitrogens with zero attached hydrogens (tertiary/aromatic N) is 4. The van der Waals surface area contributed by atoms with Gasteiger partial charge in [0.25, 0.3) is 0 Å². The van der Waals surface area contributed by atoms with Crippen molar-refractivity contribution in [3.05, 3.63) is 18.5 Å². The van der Waals surface area contributed by atoms with Crippen LogP contribution < -0.4 is 15.5 Å². The summed E-state index contributed by atoms with van der Waals surface area (Å²) in [7, 11) is 0. The molecule has 1 aromatic heterocycles. The summed E-state index contributed by atoms with van der Waals surface area (Å²) in [4.78, 5) is 37.0. The first kappa shape index (κ1) is 18.4. The zero-order chi connectivity index (χ0) is 18.4. The third-order valence-electron chi connectivity index (χ3n) is 5.09.